The molecule has 0 saturated carbocycles. The smallest absolute Gasteiger partial charge is 0.331 e. The molecule has 1 N–H and O–H groups in total. The second-order valence-electron chi connectivity index (χ2n) is 9.30. The number of aromatic nitrogens is 3. The number of rotatable bonds is 5. The lowest BCUT2D eigenvalue weighted by molar-refractivity contribution is -0.146. The number of hydrogen-bond acceptors (Lipinski definition) is 3. The fourth-order valence-corrected chi connectivity index (χ4v) is 4.49. The highest BCUT2D eigenvalue weighted by molar-refractivity contribution is 6.03. The van der Waals surface area contributed by atoms with Crippen LogP contribution in [0, 0.1) is 5.82 Å². The molecule has 33 heavy (non-hydrogen) atoms. The summed E-state index contributed by atoms with van der Waals surface area (Å²) in [6, 6.07) is 10.8. The van der Waals surface area contributed by atoms with Crippen LogP contribution >= 0.6 is 0 Å². The van der Waals surface area contributed by atoms with Gasteiger partial charge in [0, 0.05) is 40.3 Å². The molecule has 7 heteroatoms. The van der Waals surface area contributed by atoms with Crippen LogP contribution in [-0.4, -0.2) is 31.6 Å². The largest absolute Gasteiger partial charge is 0.479 e. The molecule has 1 aliphatic heterocycles. The van der Waals surface area contributed by atoms with Gasteiger partial charge >= 0.3 is 5.97 Å². The van der Waals surface area contributed by atoms with Gasteiger partial charge in [0.05, 0.1) is 18.3 Å². The lowest BCUT2D eigenvalue weighted by Crippen LogP contribution is -2.35. The zero-order chi connectivity index (χ0) is 23.5. The molecule has 2 aromatic heterocycles. The molecule has 0 saturated heterocycles. The van der Waals surface area contributed by atoms with Crippen molar-refractivity contribution in [3.8, 4) is 16.8 Å². The molecule has 0 bridgehead atoms. The van der Waals surface area contributed by atoms with Crippen molar-refractivity contribution < 1.29 is 14.3 Å². The van der Waals surface area contributed by atoms with Crippen LogP contribution < -0.4 is 0 Å². The topological polar surface area (TPSA) is 72.4 Å². The van der Waals surface area contributed by atoms with Gasteiger partial charge in [-0.05, 0) is 67.3 Å². The number of benzene rings is 2. The summed E-state index contributed by atoms with van der Waals surface area (Å²) in [6.45, 7) is 8.13. The predicted molar refractivity (Wildman–Crippen MR) is 127 cm³/mol. The summed E-state index contributed by atoms with van der Waals surface area (Å²) < 4.78 is 17.4. The highest BCUT2D eigenvalue weighted by Gasteiger charge is 2.31. The number of carboxylic acid groups (broad SMARTS) is 1. The highest BCUT2D eigenvalue weighted by atomic mass is 19.1. The third-order valence-electron chi connectivity index (χ3n) is 6.36. The Morgan fingerprint density at radius 1 is 1.18 bits per heavy atom. The summed E-state index contributed by atoms with van der Waals surface area (Å²) in [5.41, 5.74) is 5.82. The quantitative estimate of drug-likeness (QED) is 0.441. The molecule has 0 aliphatic carbocycles. The number of halogens is 1. The van der Waals surface area contributed by atoms with Gasteiger partial charge in [0.2, 0.25) is 0 Å². The maximum absolute atomic E-state index is 13.7. The molecule has 168 valence electrons. The molecule has 3 heterocycles. The minimum atomic E-state index is -1.18. The van der Waals surface area contributed by atoms with Crippen molar-refractivity contribution in [3.05, 3.63) is 71.4 Å². The van der Waals surface area contributed by atoms with Crippen molar-refractivity contribution in [2.24, 2.45) is 4.99 Å². The summed E-state index contributed by atoms with van der Waals surface area (Å²) in [5.74, 6) is -1.10. The molecular weight excluding hydrogens is 419 g/mol. The lowest BCUT2D eigenvalue weighted by Gasteiger charge is -2.19. The fourth-order valence-electron chi connectivity index (χ4n) is 4.49. The SMILES string of the molecule is CC(C)c1c(-c2cnn(C(C)(C)C(=O)O)c2)c2cc3c(cc2n1-c1ccc(F)cc1)C=NC3. The maximum Gasteiger partial charge on any atom is 0.331 e. The number of hydrogen-bond donors (Lipinski definition) is 1. The highest BCUT2D eigenvalue weighted by Crippen LogP contribution is 2.42. The molecular formula is C26H25FN4O2. The minimum Gasteiger partial charge on any atom is -0.479 e. The molecule has 0 atom stereocenters. The maximum atomic E-state index is 13.7. The molecule has 0 spiro atoms. The average Bonchev–Trinajstić information content (AvgIpc) is 3.49. The molecule has 0 fully saturated rings. The van der Waals surface area contributed by atoms with E-state index in [1.807, 2.05) is 6.21 Å². The normalized spacial score (nSPS) is 13.3. The van der Waals surface area contributed by atoms with Gasteiger partial charge in [0.25, 0.3) is 0 Å². The Hall–Kier alpha value is -3.74. The standard InChI is InChI=1S/C26H25FN4O2/c1-15(2)24-23(18-13-29-30(14-18)26(3,4)25(32)33)21-9-16-11-28-12-17(16)10-22(21)31(24)20-7-5-19(27)6-8-20/h5-10,12-15H,11H2,1-4H3,(H,32,33). The van der Waals surface area contributed by atoms with Crippen LogP contribution in [0.15, 0.2) is 53.8 Å². The fraction of sp³-hybridized carbons (Fsp3) is 0.269. The first-order chi connectivity index (χ1) is 15.7. The van der Waals surface area contributed by atoms with Gasteiger partial charge in [-0.2, -0.15) is 5.10 Å². The summed E-state index contributed by atoms with van der Waals surface area (Å²) in [7, 11) is 0. The van der Waals surface area contributed by atoms with Crippen molar-refractivity contribution >= 4 is 23.1 Å². The zero-order valence-electron chi connectivity index (χ0n) is 19.0. The van der Waals surface area contributed by atoms with E-state index in [2.05, 4.69) is 40.6 Å². The van der Waals surface area contributed by atoms with E-state index in [0.717, 1.165) is 44.5 Å². The molecule has 1 aliphatic rings. The summed E-state index contributed by atoms with van der Waals surface area (Å²) in [6.07, 6.45) is 5.41. The molecule has 5 rings (SSSR count). The van der Waals surface area contributed by atoms with Crippen LogP contribution in [-0.2, 0) is 16.9 Å². The Labute approximate surface area is 191 Å². The van der Waals surface area contributed by atoms with Crippen molar-refractivity contribution in [1.82, 2.24) is 14.3 Å². The molecule has 0 amide bonds. The van der Waals surface area contributed by atoms with Crippen molar-refractivity contribution in [2.75, 3.05) is 0 Å². The Morgan fingerprint density at radius 2 is 1.91 bits per heavy atom. The van der Waals surface area contributed by atoms with E-state index >= 15 is 0 Å². The third kappa shape index (κ3) is 3.26. The van der Waals surface area contributed by atoms with Gasteiger partial charge in [0.1, 0.15) is 5.82 Å². The van der Waals surface area contributed by atoms with Gasteiger partial charge in [-0.3, -0.25) is 9.67 Å². The molecule has 2 aromatic carbocycles. The number of aliphatic imine (C=N–C) groups is 1. The van der Waals surface area contributed by atoms with Crippen LogP contribution in [0.1, 0.15) is 50.4 Å². The number of aliphatic carboxylic acids is 1. The predicted octanol–water partition coefficient (Wildman–Crippen LogP) is 5.51. The number of carbonyl (C=O) groups is 1. The molecule has 6 nitrogen and oxygen atoms in total. The van der Waals surface area contributed by atoms with Crippen molar-refractivity contribution in [2.45, 2.75) is 45.7 Å². The van der Waals surface area contributed by atoms with Gasteiger partial charge < -0.3 is 9.67 Å². The van der Waals surface area contributed by atoms with Crippen LogP contribution in [0.3, 0.4) is 0 Å². The Kier molecular flexibility index (Phi) is 4.74. The van der Waals surface area contributed by atoms with E-state index < -0.39 is 11.5 Å². The Bertz CT molecular complexity index is 1430. The first-order valence-electron chi connectivity index (χ1n) is 10.9. The first kappa shape index (κ1) is 21.1. The number of nitrogens with zero attached hydrogens (tertiary/aromatic N) is 4. The van der Waals surface area contributed by atoms with E-state index in [1.54, 1.807) is 38.4 Å². The van der Waals surface area contributed by atoms with Crippen LogP contribution in [0.2, 0.25) is 0 Å². The van der Waals surface area contributed by atoms with Gasteiger partial charge in [0.15, 0.2) is 5.54 Å². The Morgan fingerprint density at radius 3 is 2.58 bits per heavy atom. The van der Waals surface area contributed by atoms with Crippen LogP contribution in [0.5, 0.6) is 0 Å². The van der Waals surface area contributed by atoms with Crippen LogP contribution in [0.25, 0.3) is 27.7 Å². The second kappa shape index (κ2) is 7.40. The molecule has 0 unspecified atom stereocenters. The van der Waals surface area contributed by atoms with Crippen molar-refractivity contribution in [3.63, 3.8) is 0 Å². The van der Waals surface area contributed by atoms with Gasteiger partial charge in [-0.1, -0.05) is 13.8 Å². The van der Waals surface area contributed by atoms with E-state index in [-0.39, 0.29) is 11.7 Å². The number of fused-ring (bicyclic) bond motifs is 2. The summed E-state index contributed by atoms with van der Waals surface area (Å²) in [5, 5.41) is 15.1. The monoisotopic (exact) mass is 444 g/mol. The molecule has 0 radical (unpaired) electrons. The van der Waals surface area contributed by atoms with Crippen molar-refractivity contribution in [1.29, 1.82) is 0 Å². The van der Waals surface area contributed by atoms with Crippen LogP contribution in [0.4, 0.5) is 4.39 Å². The first-order valence-corrected chi connectivity index (χ1v) is 10.9. The number of carboxylic acids is 1. The van der Waals surface area contributed by atoms with E-state index in [1.165, 1.54) is 16.8 Å². The third-order valence-corrected chi connectivity index (χ3v) is 6.36. The van der Waals surface area contributed by atoms with E-state index in [9.17, 15) is 14.3 Å². The van der Waals surface area contributed by atoms with E-state index in [4.69, 9.17) is 0 Å². The minimum absolute atomic E-state index is 0.136. The lowest BCUT2D eigenvalue weighted by atomic mass is 9.97. The summed E-state index contributed by atoms with van der Waals surface area (Å²) in [4.78, 5) is 16.2. The summed E-state index contributed by atoms with van der Waals surface area (Å²) >= 11 is 0. The zero-order valence-corrected chi connectivity index (χ0v) is 19.0. The van der Waals surface area contributed by atoms with Gasteiger partial charge in [-0.25, -0.2) is 9.18 Å². The molecule has 4 aromatic rings. The van der Waals surface area contributed by atoms with E-state index in [0.29, 0.717) is 6.54 Å². The average molecular weight is 445 g/mol. The second-order valence-corrected chi connectivity index (χ2v) is 9.30. The van der Waals surface area contributed by atoms with Gasteiger partial charge in [-0.15, -0.1) is 0 Å². The Balaban J connectivity index is 1.84.